The molecule has 0 aliphatic carbocycles. The van der Waals surface area contributed by atoms with Gasteiger partial charge in [-0.05, 0) is 29.8 Å². The molecule has 4 nitrogen and oxygen atoms in total. The number of nitrogens with zero attached hydrogens (tertiary/aromatic N) is 1. The maximum Gasteiger partial charge on any atom is 0.269 e. The Kier molecular flexibility index (Phi) is 6.27. The summed E-state index contributed by atoms with van der Waals surface area (Å²) < 4.78 is 0. The second-order valence-corrected chi connectivity index (χ2v) is 7.61. The number of hydrogen-bond donors (Lipinski definition) is 0. The summed E-state index contributed by atoms with van der Waals surface area (Å²) in [6.45, 7) is 0. The van der Waals surface area contributed by atoms with Gasteiger partial charge in [0.2, 0.25) is 0 Å². The topological polar surface area (TPSA) is 60.2 Å². The second-order valence-electron chi connectivity index (χ2n) is 5.90. The lowest BCUT2D eigenvalue weighted by Gasteiger charge is -2.17. The standard InChI is InChI=1S/C21H16ClNO3S/c22-17-8-12-19(13-9-17)27-21(14-20(24)15-4-2-1-3-5-15)16-6-10-18(11-7-16)23(25)26/h1-13,21H,14H2/t21-/m1/s1. The summed E-state index contributed by atoms with van der Waals surface area (Å²) in [5.41, 5.74) is 1.55. The third-order valence-corrected chi connectivity index (χ3v) is 5.55. The molecular formula is C21H16ClNO3S. The Hall–Kier alpha value is -2.63. The van der Waals surface area contributed by atoms with Crippen molar-refractivity contribution in [1.29, 1.82) is 0 Å². The van der Waals surface area contributed by atoms with Gasteiger partial charge in [0.05, 0.1) is 4.92 Å². The number of Topliss-reactive ketones (excluding diaryl/α,β-unsaturated/α-hetero) is 1. The molecule has 0 heterocycles. The van der Waals surface area contributed by atoms with Crippen LogP contribution in [0.4, 0.5) is 5.69 Å². The molecule has 0 radical (unpaired) electrons. The zero-order chi connectivity index (χ0) is 19.2. The van der Waals surface area contributed by atoms with Crippen molar-refractivity contribution in [2.75, 3.05) is 0 Å². The second kappa shape index (κ2) is 8.84. The fourth-order valence-electron chi connectivity index (χ4n) is 2.63. The number of benzene rings is 3. The van der Waals surface area contributed by atoms with Crippen LogP contribution in [0.2, 0.25) is 5.02 Å². The van der Waals surface area contributed by atoms with Crippen LogP contribution >= 0.6 is 23.4 Å². The smallest absolute Gasteiger partial charge is 0.269 e. The maximum absolute atomic E-state index is 12.7. The van der Waals surface area contributed by atoms with Gasteiger partial charge in [-0.2, -0.15) is 0 Å². The van der Waals surface area contributed by atoms with E-state index in [0.717, 1.165) is 10.5 Å². The minimum absolute atomic E-state index is 0.0282. The van der Waals surface area contributed by atoms with Gasteiger partial charge in [-0.25, -0.2) is 0 Å². The van der Waals surface area contributed by atoms with E-state index < -0.39 is 4.92 Å². The Labute approximate surface area is 166 Å². The Balaban J connectivity index is 1.86. The van der Waals surface area contributed by atoms with Crippen molar-refractivity contribution in [3.63, 3.8) is 0 Å². The van der Waals surface area contributed by atoms with Crippen LogP contribution in [-0.2, 0) is 0 Å². The number of non-ortho nitro benzene ring substituents is 1. The minimum Gasteiger partial charge on any atom is -0.294 e. The molecular weight excluding hydrogens is 382 g/mol. The number of carbonyl (C=O) groups excluding carboxylic acids is 1. The summed E-state index contributed by atoms with van der Waals surface area (Å²) in [6.07, 6.45) is 0.287. The molecule has 3 aromatic rings. The van der Waals surface area contributed by atoms with Crippen LogP contribution in [0.3, 0.4) is 0 Å². The van der Waals surface area contributed by atoms with E-state index in [-0.39, 0.29) is 23.1 Å². The number of ketones is 1. The largest absolute Gasteiger partial charge is 0.294 e. The van der Waals surface area contributed by atoms with E-state index in [1.807, 2.05) is 30.3 Å². The molecule has 6 heteroatoms. The predicted octanol–water partition coefficient (Wildman–Crippen LogP) is 6.35. The van der Waals surface area contributed by atoms with E-state index in [0.29, 0.717) is 10.6 Å². The third-order valence-electron chi connectivity index (χ3n) is 4.03. The number of rotatable bonds is 7. The molecule has 0 bridgehead atoms. The van der Waals surface area contributed by atoms with Crippen molar-refractivity contribution in [1.82, 2.24) is 0 Å². The molecule has 0 unspecified atom stereocenters. The Morgan fingerprint density at radius 1 is 0.963 bits per heavy atom. The van der Waals surface area contributed by atoms with Gasteiger partial charge in [0.25, 0.3) is 5.69 Å². The predicted molar refractivity (Wildman–Crippen MR) is 109 cm³/mol. The fraction of sp³-hybridized carbons (Fsp3) is 0.0952. The van der Waals surface area contributed by atoms with Crippen LogP contribution in [-0.4, -0.2) is 10.7 Å². The van der Waals surface area contributed by atoms with Crippen LogP contribution in [0, 0.1) is 10.1 Å². The molecule has 0 fully saturated rings. The summed E-state index contributed by atoms with van der Waals surface area (Å²) in [4.78, 5) is 24.2. The maximum atomic E-state index is 12.7. The third kappa shape index (κ3) is 5.18. The number of nitro groups is 1. The lowest BCUT2D eigenvalue weighted by Crippen LogP contribution is -2.05. The number of halogens is 1. The van der Waals surface area contributed by atoms with Crippen molar-refractivity contribution in [2.24, 2.45) is 0 Å². The number of thioether (sulfide) groups is 1. The SMILES string of the molecule is O=C(C[C@@H](Sc1ccc(Cl)cc1)c1ccc([N+](=O)[O-])cc1)c1ccccc1. The van der Waals surface area contributed by atoms with E-state index in [1.165, 1.54) is 23.9 Å². The Bertz CT molecular complexity index is 928. The molecule has 3 rings (SSSR count). The zero-order valence-electron chi connectivity index (χ0n) is 14.2. The summed E-state index contributed by atoms with van der Waals surface area (Å²) >= 11 is 7.49. The molecule has 0 aliphatic heterocycles. The van der Waals surface area contributed by atoms with Crippen LogP contribution in [0.5, 0.6) is 0 Å². The number of hydrogen-bond acceptors (Lipinski definition) is 4. The molecule has 1 atom stereocenters. The molecule has 27 heavy (non-hydrogen) atoms. The monoisotopic (exact) mass is 397 g/mol. The first-order chi connectivity index (χ1) is 13.0. The van der Waals surface area contributed by atoms with Crippen LogP contribution in [0.1, 0.15) is 27.6 Å². The highest BCUT2D eigenvalue weighted by Gasteiger charge is 2.19. The molecule has 0 saturated carbocycles. The minimum atomic E-state index is -0.430. The average molecular weight is 398 g/mol. The molecule has 0 aliphatic rings. The van der Waals surface area contributed by atoms with Crippen molar-refractivity contribution in [2.45, 2.75) is 16.6 Å². The van der Waals surface area contributed by atoms with Gasteiger partial charge in [-0.1, -0.05) is 54.1 Å². The van der Waals surface area contributed by atoms with Gasteiger partial charge >= 0.3 is 0 Å². The first kappa shape index (κ1) is 19.1. The molecule has 0 N–H and O–H groups in total. The Morgan fingerprint density at radius 2 is 1.59 bits per heavy atom. The van der Waals surface area contributed by atoms with E-state index in [4.69, 9.17) is 11.6 Å². The van der Waals surface area contributed by atoms with Crippen LogP contribution < -0.4 is 0 Å². The normalized spacial score (nSPS) is 11.7. The molecule has 0 spiro atoms. The summed E-state index contributed by atoms with van der Waals surface area (Å²) in [5.74, 6) is 0.0282. The van der Waals surface area contributed by atoms with E-state index >= 15 is 0 Å². The zero-order valence-corrected chi connectivity index (χ0v) is 15.8. The first-order valence-corrected chi connectivity index (χ1v) is 9.53. The fourth-order valence-corrected chi connectivity index (χ4v) is 3.90. The lowest BCUT2D eigenvalue weighted by molar-refractivity contribution is -0.384. The van der Waals surface area contributed by atoms with Gasteiger partial charge in [-0.3, -0.25) is 14.9 Å². The quantitative estimate of drug-likeness (QED) is 0.201. The highest BCUT2D eigenvalue weighted by Crippen LogP contribution is 2.39. The molecule has 0 aromatic heterocycles. The van der Waals surface area contributed by atoms with Gasteiger partial charge < -0.3 is 0 Å². The van der Waals surface area contributed by atoms with Crippen molar-refractivity contribution < 1.29 is 9.72 Å². The molecule has 0 saturated heterocycles. The van der Waals surface area contributed by atoms with Crippen LogP contribution in [0.15, 0.2) is 83.8 Å². The van der Waals surface area contributed by atoms with Crippen molar-refractivity contribution in [3.8, 4) is 0 Å². The molecule has 3 aromatic carbocycles. The van der Waals surface area contributed by atoms with Gasteiger partial charge in [-0.15, -0.1) is 11.8 Å². The highest BCUT2D eigenvalue weighted by atomic mass is 35.5. The molecule has 0 amide bonds. The van der Waals surface area contributed by atoms with E-state index in [9.17, 15) is 14.9 Å². The van der Waals surface area contributed by atoms with Gasteiger partial charge in [0.1, 0.15) is 0 Å². The van der Waals surface area contributed by atoms with Gasteiger partial charge in [0.15, 0.2) is 5.78 Å². The van der Waals surface area contributed by atoms with E-state index in [1.54, 1.807) is 36.4 Å². The Morgan fingerprint density at radius 3 is 2.19 bits per heavy atom. The van der Waals surface area contributed by atoms with Crippen molar-refractivity contribution >= 4 is 34.8 Å². The number of nitro benzene ring substituents is 1. The summed E-state index contributed by atoms with van der Waals surface area (Å²) in [5, 5.41) is 11.4. The summed E-state index contributed by atoms with van der Waals surface area (Å²) in [7, 11) is 0. The van der Waals surface area contributed by atoms with E-state index in [2.05, 4.69) is 0 Å². The number of carbonyl (C=O) groups is 1. The lowest BCUT2D eigenvalue weighted by atomic mass is 10.0. The highest BCUT2D eigenvalue weighted by molar-refractivity contribution is 7.99. The average Bonchev–Trinajstić information content (AvgIpc) is 2.70. The first-order valence-electron chi connectivity index (χ1n) is 8.28. The van der Waals surface area contributed by atoms with Crippen LogP contribution in [0.25, 0.3) is 0 Å². The summed E-state index contributed by atoms with van der Waals surface area (Å²) in [6, 6.07) is 22.9. The van der Waals surface area contributed by atoms with Gasteiger partial charge in [0, 0.05) is 39.3 Å². The molecule has 136 valence electrons. The van der Waals surface area contributed by atoms with Crippen molar-refractivity contribution in [3.05, 3.63) is 105 Å².